The van der Waals surface area contributed by atoms with Crippen molar-refractivity contribution in [3.8, 4) is 0 Å². The molecule has 2 saturated carbocycles. The fourth-order valence-electron chi connectivity index (χ4n) is 6.93. The molecule has 0 aromatic heterocycles. The number of fused-ring (bicyclic) bond motifs is 5. The first-order valence-corrected chi connectivity index (χ1v) is 9.92. The zero-order valence-electron chi connectivity index (χ0n) is 16.2. The largest absolute Gasteiger partial charge is 0.394 e. The second kappa shape index (κ2) is 5.86. The smallest absolute Gasteiger partial charge is 0.178 e. The molecule has 0 amide bonds. The summed E-state index contributed by atoms with van der Waals surface area (Å²) in [7, 11) is 0. The molecule has 5 nitrogen and oxygen atoms in total. The summed E-state index contributed by atoms with van der Waals surface area (Å²) < 4.78 is 0. The van der Waals surface area contributed by atoms with Gasteiger partial charge in [0, 0.05) is 16.7 Å². The summed E-state index contributed by atoms with van der Waals surface area (Å²) in [5.41, 5.74) is -0.490. The van der Waals surface area contributed by atoms with Gasteiger partial charge in [0.25, 0.3) is 0 Å². The van der Waals surface area contributed by atoms with E-state index in [1.165, 1.54) is 0 Å². The molecule has 0 heterocycles. The highest BCUT2D eigenvalue weighted by atomic mass is 16.4. The van der Waals surface area contributed by atoms with Crippen molar-refractivity contribution >= 4 is 5.78 Å². The molecule has 0 saturated heterocycles. The van der Waals surface area contributed by atoms with Gasteiger partial charge in [-0.2, -0.15) is 0 Å². The minimum absolute atomic E-state index is 0.0230. The number of ketones is 1. The molecule has 4 rings (SSSR count). The SMILES string of the molecule is CC1=C[C@@H]2[C@H]([C@@H](O)C[C@@]3(C)[C@H]2CC[C@]3(O)[C@@H](O)CO)[C@@]2(C)C=CC(=O)C=C12. The zero-order valence-corrected chi connectivity index (χ0v) is 16.2. The molecule has 148 valence electrons. The molecule has 0 aromatic rings. The highest BCUT2D eigenvalue weighted by Gasteiger charge is 2.67. The van der Waals surface area contributed by atoms with Crippen LogP contribution in [-0.2, 0) is 4.79 Å². The van der Waals surface area contributed by atoms with E-state index in [1.807, 2.05) is 19.9 Å². The lowest BCUT2D eigenvalue weighted by molar-refractivity contribution is -0.196. The van der Waals surface area contributed by atoms with Crippen LogP contribution in [0, 0.1) is 28.6 Å². The van der Waals surface area contributed by atoms with Crippen LogP contribution in [0.1, 0.15) is 40.0 Å². The summed E-state index contributed by atoms with van der Waals surface area (Å²) >= 11 is 0. The molecular weight excluding hydrogens is 344 g/mol. The van der Waals surface area contributed by atoms with Gasteiger partial charge in [-0.15, -0.1) is 0 Å². The third kappa shape index (κ3) is 2.29. The molecular formula is C22H30O5. The normalized spacial score (nSPS) is 49.7. The molecule has 4 aliphatic rings. The molecule has 5 heteroatoms. The minimum Gasteiger partial charge on any atom is -0.394 e. The van der Waals surface area contributed by atoms with Crippen LogP contribution in [-0.4, -0.2) is 50.6 Å². The fraction of sp³-hybridized carbons (Fsp3) is 0.682. The van der Waals surface area contributed by atoms with Gasteiger partial charge in [0.2, 0.25) is 0 Å². The van der Waals surface area contributed by atoms with Crippen LogP contribution in [0.2, 0.25) is 0 Å². The number of aliphatic hydroxyl groups excluding tert-OH is 3. The summed E-state index contributed by atoms with van der Waals surface area (Å²) in [6.07, 6.45) is 6.99. The molecule has 0 aliphatic heterocycles. The van der Waals surface area contributed by atoms with E-state index in [0.717, 1.165) is 17.6 Å². The quantitative estimate of drug-likeness (QED) is 0.587. The Bertz CT molecular complexity index is 767. The summed E-state index contributed by atoms with van der Waals surface area (Å²) in [6, 6.07) is 0. The average molecular weight is 374 g/mol. The Morgan fingerprint density at radius 3 is 2.70 bits per heavy atom. The number of carbonyl (C=O) groups is 1. The fourth-order valence-corrected chi connectivity index (χ4v) is 6.93. The maximum absolute atomic E-state index is 11.9. The van der Waals surface area contributed by atoms with Crippen LogP contribution in [0.5, 0.6) is 0 Å². The molecule has 27 heavy (non-hydrogen) atoms. The lowest BCUT2D eigenvalue weighted by Gasteiger charge is -2.59. The number of carbonyl (C=O) groups excluding carboxylic acids is 1. The molecule has 0 radical (unpaired) electrons. The van der Waals surface area contributed by atoms with E-state index < -0.39 is 35.2 Å². The average Bonchev–Trinajstić information content (AvgIpc) is 2.87. The van der Waals surface area contributed by atoms with Crippen LogP contribution in [0.3, 0.4) is 0 Å². The minimum atomic E-state index is -1.41. The highest BCUT2D eigenvalue weighted by molar-refractivity contribution is 6.01. The summed E-state index contributed by atoms with van der Waals surface area (Å²) in [4.78, 5) is 11.9. The van der Waals surface area contributed by atoms with Gasteiger partial charge in [-0.3, -0.25) is 4.79 Å². The molecule has 0 bridgehead atoms. The van der Waals surface area contributed by atoms with Crippen LogP contribution in [0.15, 0.2) is 35.5 Å². The molecule has 0 unspecified atom stereocenters. The van der Waals surface area contributed by atoms with Gasteiger partial charge >= 0.3 is 0 Å². The van der Waals surface area contributed by atoms with Crippen molar-refractivity contribution in [2.45, 2.75) is 57.8 Å². The van der Waals surface area contributed by atoms with E-state index >= 15 is 0 Å². The van der Waals surface area contributed by atoms with Crippen LogP contribution in [0.25, 0.3) is 0 Å². The van der Waals surface area contributed by atoms with Crippen molar-refractivity contribution in [1.82, 2.24) is 0 Å². The predicted molar refractivity (Wildman–Crippen MR) is 101 cm³/mol. The Kier molecular flexibility index (Phi) is 4.14. The van der Waals surface area contributed by atoms with Crippen molar-refractivity contribution in [3.63, 3.8) is 0 Å². The van der Waals surface area contributed by atoms with E-state index in [4.69, 9.17) is 0 Å². The number of rotatable bonds is 2. The standard InChI is InChI=1S/C22H30O5/c1-12-8-14-15-5-7-22(27,18(26)11-23)21(15,3)10-17(25)19(14)20(2)6-4-13(24)9-16(12)20/h4,6,8-9,14-15,17-19,23,25-27H,5,7,10-11H2,1-3H3/t14-,15-,17-,18-,19+,20-,21-,22-/m0/s1. The second-order valence-electron chi connectivity index (χ2n) is 9.49. The van der Waals surface area contributed by atoms with Crippen molar-refractivity contribution in [3.05, 3.63) is 35.5 Å². The number of hydrogen-bond acceptors (Lipinski definition) is 5. The van der Waals surface area contributed by atoms with Crippen molar-refractivity contribution in [1.29, 1.82) is 0 Å². The Hall–Kier alpha value is -1.27. The first-order chi connectivity index (χ1) is 12.6. The molecule has 8 atom stereocenters. The Balaban J connectivity index is 1.83. The van der Waals surface area contributed by atoms with Gasteiger partial charge in [0.1, 0.15) is 6.10 Å². The first-order valence-electron chi connectivity index (χ1n) is 9.92. The number of hydrogen-bond donors (Lipinski definition) is 4. The van der Waals surface area contributed by atoms with E-state index in [-0.39, 0.29) is 23.5 Å². The summed E-state index contributed by atoms with van der Waals surface area (Å²) in [6.45, 7) is 5.55. The maximum atomic E-state index is 11.9. The summed E-state index contributed by atoms with van der Waals surface area (Å²) in [5, 5.41) is 42.4. The van der Waals surface area contributed by atoms with Gasteiger partial charge in [0.15, 0.2) is 5.78 Å². The molecule has 0 aromatic carbocycles. The zero-order chi connectivity index (χ0) is 19.8. The molecule has 2 fully saturated rings. The Morgan fingerprint density at radius 1 is 1.33 bits per heavy atom. The highest BCUT2D eigenvalue weighted by Crippen LogP contribution is 2.66. The number of allylic oxidation sites excluding steroid dienone is 6. The summed E-state index contributed by atoms with van der Waals surface area (Å²) in [5.74, 6) is 0.0312. The van der Waals surface area contributed by atoms with Crippen LogP contribution in [0.4, 0.5) is 0 Å². The van der Waals surface area contributed by atoms with E-state index in [1.54, 1.807) is 12.2 Å². The molecule has 4 aliphatic carbocycles. The van der Waals surface area contributed by atoms with Crippen LogP contribution < -0.4 is 0 Å². The van der Waals surface area contributed by atoms with Gasteiger partial charge in [0.05, 0.1) is 18.3 Å². The van der Waals surface area contributed by atoms with Gasteiger partial charge in [-0.25, -0.2) is 0 Å². The predicted octanol–water partition coefficient (Wildman–Crippen LogP) is 1.52. The van der Waals surface area contributed by atoms with Crippen molar-refractivity contribution in [2.75, 3.05) is 6.61 Å². The molecule has 0 spiro atoms. The lowest BCUT2D eigenvalue weighted by Crippen LogP contribution is -2.62. The number of aliphatic hydroxyl groups is 4. The Morgan fingerprint density at radius 2 is 2.04 bits per heavy atom. The van der Waals surface area contributed by atoms with Gasteiger partial charge < -0.3 is 20.4 Å². The Labute approximate surface area is 160 Å². The maximum Gasteiger partial charge on any atom is 0.178 e. The monoisotopic (exact) mass is 374 g/mol. The van der Waals surface area contributed by atoms with Crippen molar-refractivity contribution < 1.29 is 25.2 Å². The van der Waals surface area contributed by atoms with E-state index in [0.29, 0.717) is 12.8 Å². The third-order valence-electron chi connectivity index (χ3n) is 8.32. The second-order valence-corrected chi connectivity index (χ2v) is 9.49. The lowest BCUT2D eigenvalue weighted by atomic mass is 9.47. The van der Waals surface area contributed by atoms with E-state index in [9.17, 15) is 25.2 Å². The van der Waals surface area contributed by atoms with Crippen LogP contribution >= 0.6 is 0 Å². The van der Waals surface area contributed by atoms with Gasteiger partial charge in [-0.1, -0.05) is 31.6 Å². The topological polar surface area (TPSA) is 98.0 Å². The molecule has 4 N–H and O–H groups in total. The first kappa shape index (κ1) is 19.1. The third-order valence-corrected chi connectivity index (χ3v) is 8.32. The van der Waals surface area contributed by atoms with Crippen molar-refractivity contribution in [2.24, 2.45) is 28.6 Å². The van der Waals surface area contributed by atoms with Gasteiger partial charge in [-0.05, 0) is 55.7 Å². The van der Waals surface area contributed by atoms with E-state index in [2.05, 4.69) is 13.0 Å².